The van der Waals surface area contributed by atoms with Crippen LogP contribution in [0.25, 0.3) is 0 Å². The summed E-state index contributed by atoms with van der Waals surface area (Å²) in [5.74, 6) is 0.799. The molecule has 3 aromatic rings. The summed E-state index contributed by atoms with van der Waals surface area (Å²) in [6.07, 6.45) is 9.47. The van der Waals surface area contributed by atoms with Crippen molar-refractivity contribution in [1.29, 1.82) is 0 Å². The number of allylic oxidation sites excluding steroid dienone is 2. The second-order valence-corrected chi connectivity index (χ2v) is 13.6. The van der Waals surface area contributed by atoms with E-state index in [1.54, 1.807) is 48.8 Å². The van der Waals surface area contributed by atoms with E-state index in [0.29, 0.717) is 82.1 Å². The smallest absolute Gasteiger partial charge is 0.303 e. The Morgan fingerprint density at radius 1 is 0.745 bits per heavy atom. The highest BCUT2D eigenvalue weighted by Crippen LogP contribution is 2.41. The van der Waals surface area contributed by atoms with Gasteiger partial charge in [0.05, 0.1) is 66.8 Å². The molecule has 2 amide bonds. The topological polar surface area (TPSA) is 162 Å². The third-order valence-electron chi connectivity index (χ3n) is 10.1. The fourth-order valence-electron chi connectivity index (χ4n) is 7.10. The van der Waals surface area contributed by atoms with Gasteiger partial charge in [0.1, 0.15) is 19.0 Å². The molecule has 7 rings (SSSR count). The number of aliphatic carboxylic acids is 1. The number of hydrogen-bond acceptors (Lipinski definition) is 11. The molecule has 0 saturated carbocycles. The average molecular weight is 750 g/mol. The first-order chi connectivity index (χ1) is 26.7. The maximum absolute atomic E-state index is 13.5. The van der Waals surface area contributed by atoms with E-state index in [4.69, 9.17) is 33.8 Å². The van der Waals surface area contributed by atoms with Crippen molar-refractivity contribution in [3.05, 3.63) is 82.2 Å². The number of rotatable bonds is 13. The van der Waals surface area contributed by atoms with Gasteiger partial charge in [-0.3, -0.25) is 29.4 Å². The van der Waals surface area contributed by atoms with Crippen LogP contribution >= 0.6 is 0 Å². The minimum atomic E-state index is -0.908. The lowest BCUT2D eigenvalue weighted by atomic mass is 10.1. The SMILES string of the molecule is C/C=C1\C[C@H]2C=Nc3cc(OCc4cc(OCCCC(=O)O)cc(COc5cc6c(cc5OC)C(=O)N5C/C(=C/C)C[C@H]5C=N6)n4)c(OC)cc3C(=O)N2C1. The number of nitrogens with zero attached hydrogens (tertiary/aromatic N) is 5. The Morgan fingerprint density at radius 3 is 1.67 bits per heavy atom. The molecule has 1 N–H and O–H groups in total. The maximum atomic E-state index is 13.5. The molecule has 4 aliphatic heterocycles. The molecule has 5 heterocycles. The molecule has 0 spiro atoms. The lowest BCUT2D eigenvalue weighted by molar-refractivity contribution is -0.137. The Morgan fingerprint density at radius 2 is 1.24 bits per heavy atom. The summed E-state index contributed by atoms with van der Waals surface area (Å²) in [6, 6.07) is 9.89. The molecule has 286 valence electrons. The van der Waals surface area contributed by atoms with Gasteiger partial charge in [-0.05, 0) is 45.2 Å². The van der Waals surface area contributed by atoms with E-state index in [1.807, 2.05) is 35.8 Å². The number of hydrogen-bond donors (Lipinski definition) is 1. The minimum absolute atomic E-state index is 0.00285. The Bertz CT molecular complexity index is 2010. The number of carboxylic acid groups (broad SMARTS) is 1. The van der Waals surface area contributed by atoms with Gasteiger partial charge in [-0.1, -0.05) is 23.3 Å². The number of aliphatic imine (C=N–C) groups is 2. The first-order valence-electron chi connectivity index (χ1n) is 18.2. The van der Waals surface area contributed by atoms with Crippen molar-refractivity contribution in [2.24, 2.45) is 9.98 Å². The molecule has 0 bridgehead atoms. The fraction of sp³-hybridized carbons (Fsp3) is 0.366. The minimum Gasteiger partial charge on any atom is -0.493 e. The molecule has 0 unspecified atom stereocenters. The van der Waals surface area contributed by atoms with Crippen molar-refractivity contribution < 1.29 is 43.2 Å². The number of benzene rings is 2. The number of carbonyl (C=O) groups is 3. The van der Waals surface area contributed by atoms with Gasteiger partial charge in [-0.25, -0.2) is 0 Å². The number of carbonyl (C=O) groups excluding carboxylic acids is 2. The van der Waals surface area contributed by atoms with Crippen molar-refractivity contribution in [1.82, 2.24) is 14.8 Å². The highest BCUT2D eigenvalue weighted by atomic mass is 16.5. The van der Waals surface area contributed by atoms with Crippen LogP contribution in [0, 0.1) is 0 Å². The van der Waals surface area contributed by atoms with Crippen LogP contribution in [-0.4, -0.2) is 96.1 Å². The Labute approximate surface area is 318 Å². The second-order valence-electron chi connectivity index (χ2n) is 13.6. The average Bonchev–Trinajstić information content (AvgIpc) is 3.76. The van der Waals surface area contributed by atoms with Crippen LogP contribution in [0.5, 0.6) is 28.7 Å². The molecule has 0 aliphatic carbocycles. The summed E-state index contributed by atoms with van der Waals surface area (Å²) in [5, 5.41) is 9.09. The predicted molar refractivity (Wildman–Crippen MR) is 204 cm³/mol. The van der Waals surface area contributed by atoms with Gasteiger partial charge in [0.25, 0.3) is 11.8 Å². The van der Waals surface area contributed by atoms with Crippen LogP contribution in [-0.2, 0) is 18.0 Å². The van der Waals surface area contributed by atoms with Gasteiger partial charge in [-0.2, -0.15) is 0 Å². The molecule has 4 aliphatic rings. The first-order valence-corrected chi connectivity index (χ1v) is 18.2. The van der Waals surface area contributed by atoms with Crippen molar-refractivity contribution in [2.75, 3.05) is 33.9 Å². The summed E-state index contributed by atoms with van der Waals surface area (Å²) in [5.41, 5.74) is 5.21. The lowest BCUT2D eigenvalue weighted by Crippen LogP contribution is -2.35. The lowest BCUT2D eigenvalue weighted by Gasteiger charge is -2.20. The summed E-state index contributed by atoms with van der Waals surface area (Å²) in [6.45, 7) is 5.24. The van der Waals surface area contributed by atoms with Gasteiger partial charge in [0, 0.05) is 56.2 Å². The highest BCUT2D eigenvalue weighted by molar-refractivity contribution is 6.04. The van der Waals surface area contributed by atoms with Crippen molar-refractivity contribution in [3.8, 4) is 28.7 Å². The third-order valence-corrected chi connectivity index (χ3v) is 10.1. The van der Waals surface area contributed by atoms with Crippen LogP contribution in [0.1, 0.15) is 71.6 Å². The zero-order valence-corrected chi connectivity index (χ0v) is 31.2. The molecule has 14 nitrogen and oxygen atoms in total. The Kier molecular flexibility index (Phi) is 10.8. The number of ether oxygens (including phenoxy) is 5. The largest absolute Gasteiger partial charge is 0.493 e. The number of amides is 2. The summed E-state index contributed by atoms with van der Waals surface area (Å²) >= 11 is 0. The van der Waals surface area contributed by atoms with Gasteiger partial charge in [0.15, 0.2) is 23.0 Å². The number of fused-ring (bicyclic) bond motifs is 4. The van der Waals surface area contributed by atoms with Crippen molar-refractivity contribution in [2.45, 2.75) is 64.8 Å². The van der Waals surface area contributed by atoms with E-state index in [9.17, 15) is 14.4 Å². The Balaban J connectivity index is 1.12. The van der Waals surface area contributed by atoms with E-state index in [1.165, 1.54) is 25.4 Å². The maximum Gasteiger partial charge on any atom is 0.303 e. The standard InChI is InChI=1S/C41H43N5O9/c1-5-24-10-28-18-42-33-16-37(35(51-3)14-31(33)40(49)45(28)20-24)54-22-26-12-30(53-9-7-8-39(47)48)13-27(44-26)23-55-38-17-34-32(15-36(38)52-4)41(50)46-21-25(6-2)11-29(46)19-43-34/h5-6,12-19,28-29H,7-11,20-23H2,1-4H3,(H,47,48)/b24-5+,25-6+/t28-,29-/m0/s1. The van der Waals surface area contributed by atoms with E-state index in [2.05, 4.69) is 9.98 Å². The molecule has 1 aromatic heterocycles. The zero-order valence-electron chi connectivity index (χ0n) is 31.2. The first kappa shape index (κ1) is 37.1. The molecule has 2 saturated heterocycles. The fourth-order valence-corrected chi connectivity index (χ4v) is 7.10. The van der Waals surface area contributed by atoms with Gasteiger partial charge >= 0.3 is 5.97 Å². The monoisotopic (exact) mass is 749 g/mol. The van der Waals surface area contributed by atoms with E-state index in [-0.39, 0.29) is 50.1 Å². The number of aromatic nitrogens is 1. The molecular formula is C41H43N5O9. The van der Waals surface area contributed by atoms with E-state index in [0.717, 1.165) is 12.8 Å². The molecule has 0 radical (unpaired) electrons. The summed E-state index contributed by atoms with van der Waals surface area (Å²) in [4.78, 5) is 55.9. The molecule has 2 fully saturated rings. The molecular weight excluding hydrogens is 706 g/mol. The van der Waals surface area contributed by atoms with Crippen molar-refractivity contribution >= 4 is 41.6 Å². The second kappa shape index (κ2) is 16.0. The summed E-state index contributed by atoms with van der Waals surface area (Å²) < 4.78 is 29.7. The van der Waals surface area contributed by atoms with Crippen LogP contribution < -0.4 is 23.7 Å². The zero-order chi connectivity index (χ0) is 38.6. The highest BCUT2D eigenvalue weighted by Gasteiger charge is 2.36. The molecule has 2 atom stereocenters. The molecule has 55 heavy (non-hydrogen) atoms. The van der Waals surface area contributed by atoms with E-state index < -0.39 is 5.97 Å². The molecule has 14 heteroatoms. The number of pyridine rings is 1. The summed E-state index contributed by atoms with van der Waals surface area (Å²) in [7, 11) is 3.02. The number of carboxylic acids is 1. The molecule has 2 aromatic carbocycles. The predicted octanol–water partition coefficient (Wildman–Crippen LogP) is 6.25. The Hall–Kier alpha value is -6.18. The van der Waals surface area contributed by atoms with Crippen LogP contribution in [0.3, 0.4) is 0 Å². The van der Waals surface area contributed by atoms with Crippen LogP contribution in [0.2, 0.25) is 0 Å². The van der Waals surface area contributed by atoms with E-state index >= 15 is 0 Å². The van der Waals surface area contributed by atoms with Gasteiger partial charge in [-0.15, -0.1) is 0 Å². The normalized spacial score (nSPS) is 19.8. The quantitative estimate of drug-likeness (QED) is 0.156. The van der Waals surface area contributed by atoms with Crippen molar-refractivity contribution in [3.63, 3.8) is 0 Å². The van der Waals surface area contributed by atoms with Gasteiger partial charge < -0.3 is 38.6 Å². The third kappa shape index (κ3) is 7.89. The van der Waals surface area contributed by atoms with Crippen LogP contribution in [0.4, 0.5) is 11.4 Å². The van der Waals surface area contributed by atoms with Gasteiger partial charge in [0.2, 0.25) is 0 Å². The number of methoxy groups -OCH3 is 2. The van der Waals surface area contributed by atoms with Crippen LogP contribution in [0.15, 0.2) is 69.7 Å².